The molecule has 1 aromatic heterocycles. The molecule has 2 aromatic rings. The Morgan fingerprint density at radius 3 is 2.82 bits per heavy atom. The Balaban J connectivity index is 2.26. The first-order chi connectivity index (χ1) is 10.3. The number of rotatable bonds is 4. The molecule has 7 nitrogen and oxygen atoms in total. The standard InChI is InChI=1S/C13H11ClFN3O4/c1-7-16-12(18(20)21)11(17(7)2)13(19)22-6-8-9(14)4-3-5-10(8)15/h3-5H,6H2,1-2H3. The van der Waals surface area contributed by atoms with Crippen molar-refractivity contribution in [2.24, 2.45) is 7.05 Å². The zero-order valence-electron chi connectivity index (χ0n) is 11.7. The molecule has 22 heavy (non-hydrogen) atoms. The molecule has 2 rings (SSSR count). The largest absolute Gasteiger partial charge is 0.456 e. The first-order valence-electron chi connectivity index (χ1n) is 6.10. The van der Waals surface area contributed by atoms with Crippen LogP contribution < -0.4 is 0 Å². The number of aromatic nitrogens is 2. The highest BCUT2D eigenvalue weighted by Gasteiger charge is 2.30. The van der Waals surface area contributed by atoms with Gasteiger partial charge in [-0.15, -0.1) is 0 Å². The lowest BCUT2D eigenvalue weighted by atomic mass is 10.2. The molecule has 0 fully saturated rings. The molecule has 0 aliphatic rings. The number of ether oxygens (including phenoxy) is 1. The summed E-state index contributed by atoms with van der Waals surface area (Å²) < 4.78 is 19.8. The maximum absolute atomic E-state index is 13.6. The number of carbonyl (C=O) groups excluding carboxylic acids is 1. The van der Waals surface area contributed by atoms with E-state index in [4.69, 9.17) is 16.3 Å². The molecule has 9 heteroatoms. The lowest BCUT2D eigenvalue weighted by molar-refractivity contribution is -0.389. The fraction of sp³-hybridized carbons (Fsp3) is 0.231. The van der Waals surface area contributed by atoms with E-state index in [1.807, 2.05) is 0 Å². The molecule has 0 amide bonds. The van der Waals surface area contributed by atoms with Gasteiger partial charge in [-0.3, -0.25) is 4.57 Å². The number of nitrogens with zero attached hydrogens (tertiary/aromatic N) is 3. The fourth-order valence-corrected chi connectivity index (χ4v) is 2.04. The van der Waals surface area contributed by atoms with Crippen molar-refractivity contribution >= 4 is 23.4 Å². The molecular weight excluding hydrogens is 317 g/mol. The molecule has 0 aliphatic carbocycles. The summed E-state index contributed by atoms with van der Waals surface area (Å²) in [6.07, 6.45) is 0. The summed E-state index contributed by atoms with van der Waals surface area (Å²) in [5.74, 6) is -1.93. The van der Waals surface area contributed by atoms with E-state index in [0.717, 1.165) is 0 Å². The number of imidazole rings is 1. The van der Waals surface area contributed by atoms with Gasteiger partial charge in [0.05, 0.1) is 5.02 Å². The molecule has 0 unspecified atom stereocenters. The number of aryl methyl sites for hydroxylation is 1. The van der Waals surface area contributed by atoms with Crippen LogP contribution >= 0.6 is 11.6 Å². The first kappa shape index (κ1) is 15.9. The minimum atomic E-state index is -0.978. The zero-order chi connectivity index (χ0) is 16.4. The van der Waals surface area contributed by atoms with E-state index in [1.54, 1.807) is 0 Å². The molecule has 0 saturated carbocycles. The van der Waals surface area contributed by atoms with Gasteiger partial charge >= 0.3 is 11.8 Å². The quantitative estimate of drug-likeness (QED) is 0.489. The number of benzene rings is 1. The number of halogens is 2. The van der Waals surface area contributed by atoms with Gasteiger partial charge < -0.3 is 14.9 Å². The second-order valence-corrected chi connectivity index (χ2v) is 4.83. The topological polar surface area (TPSA) is 87.3 Å². The van der Waals surface area contributed by atoms with Gasteiger partial charge in [0.15, 0.2) is 0 Å². The smallest absolute Gasteiger partial charge is 0.397 e. The predicted octanol–water partition coefficient (Wildman–Crippen LogP) is 2.79. The van der Waals surface area contributed by atoms with E-state index in [-0.39, 0.29) is 22.1 Å². The lowest BCUT2D eigenvalue weighted by Crippen LogP contribution is -2.13. The summed E-state index contributed by atoms with van der Waals surface area (Å²) in [4.78, 5) is 25.9. The lowest BCUT2D eigenvalue weighted by Gasteiger charge is -2.07. The van der Waals surface area contributed by atoms with Crippen molar-refractivity contribution in [3.05, 3.63) is 56.2 Å². The van der Waals surface area contributed by atoms with Gasteiger partial charge in [0.25, 0.3) is 0 Å². The summed E-state index contributed by atoms with van der Waals surface area (Å²) in [6, 6.07) is 4.04. The highest BCUT2D eigenvalue weighted by atomic mass is 35.5. The van der Waals surface area contributed by atoms with Crippen molar-refractivity contribution in [1.29, 1.82) is 0 Å². The van der Waals surface area contributed by atoms with Crippen LogP contribution in [0, 0.1) is 22.9 Å². The molecule has 0 spiro atoms. The zero-order valence-corrected chi connectivity index (χ0v) is 12.4. The molecule has 116 valence electrons. The Morgan fingerprint density at radius 1 is 1.55 bits per heavy atom. The van der Waals surface area contributed by atoms with Crippen molar-refractivity contribution in [2.75, 3.05) is 0 Å². The molecule has 0 radical (unpaired) electrons. The molecule has 0 bridgehead atoms. The Hall–Kier alpha value is -2.48. The SMILES string of the molecule is Cc1nc([N+](=O)[O-])c(C(=O)OCc2c(F)cccc2Cl)n1C. The van der Waals surface area contributed by atoms with E-state index < -0.39 is 29.1 Å². The normalized spacial score (nSPS) is 10.5. The third kappa shape index (κ3) is 2.91. The highest BCUT2D eigenvalue weighted by molar-refractivity contribution is 6.31. The van der Waals surface area contributed by atoms with E-state index in [1.165, 1.54) is 36.7 Å². The van der Waals surface area contributed by atoms with Gasteiger partial charge in [0.2, 0.25) is 11.5 Å². The van der Waals surface area contributed by atoms with Gasteiger partial charge in [0, 0.05) is 19.5 Å². The van der Waals surface area contributed by atoms with Crippen LogP contribution in [0.3, 0.4) is 0 Å². The maximum Gasteiger partial charge on any atom is 0.397 e. The fourth-order valence-electron chi connectivity index (χ4n) is 1.82. The molecule has 1 heterocycles. The van der Waals surface area contributed by atoms with Crippen molar-refractivity contribution in [3.63, 3.8) is 0 Å². The molecular formula is C13H11ClFN3O4. The van der Waals surface area contributed by atoms with Crippen LogP contribution in [-0.2, 0) is 18.4 Å². The summed E-state index contributed by atoms with van der Waals surface area (Å²) in [5, 5.41) is 11.0. The number of hydrogen-bond acceptors (Lipinski definition) is 5. The second-order valence-electron chi connectivity index (χ2n) is 4.42. The Bertz CT molecular complexity index is 740. The number of hydrogen-bond donors (Lipinski definition) is 0. The van der Waals surface area contributed by atoms with Crippen LogP contribution in [0.5, 0.6) is 0 Å². The minimum absolute atomic E-state index is 0.000870. The van der Waals surface area contributed by atoms with Gasteiger partial charge in [-0.2, -0.15) is 0 Å². The molecule has 1 aromatic carbocycles. The molecule has 0 N–H and O–H groups in total. The third-order valence-electron chi connectivity index (χ3n) is 3.08. The summed E-state index contributed by atoms with van der Waals surface area (Å²) >= 11 is 5.82. The van der Waals surface area contributed by atoms with Crippen LogP contribution in [-0.4, -0.2) is 20.4 Å². The first-order valence-corrected chi connectivity index (χ1v) is 6.48. The second kappa shape index (κ2) is 6.10. The monoisotopic (exact) mass is 327 g/mol. The molecule has 0 saturated heterocycles. The van der Waals surface area contributed by atoms with Crippen molar-refractivity contribution < 1.29 is 18.8 Å². The summed E-state index contributed by atoms with van der Waals surface area (Å²) in [5.41, 5.74) is -0.311. The summed E-state index contributed by atoms with van der Waals surface area (Å²) in [7, 11) is 1.45. The number of nitro groups is 1. The van der Waals surface area contributed by atoms with Crippen molar-refractivity contribution in [1.82, 2.24) is 9.55 Å². The maximum atomic E-state index is 13.6. The van der Waals surface area contributed by atoms with Gasteiger partial charge in [0.1, 0.15) is 12.4 Å². The van der Waals surface area contributed by atoms with Crippen LogP contribution in [0.25, 0.3) is 0 Å². The average molecular weight is 328 g/mol. The Kier molecular flexibility index (Phi) is 4.41. The van der Waals surface area contributed by atoms with Crippen molar-refractivity contribution in [2.45, 2.75) is 13.5 Å². The van der Waals surface area contributed by atoms with Crippen molar-refractivity contribution in [3.8, 4) is 0 Å². The van der Waals surface area contributed by atoms with Gasteiger partial charge in [-0.1, -0.05) is 17.7 Å². The van der Waals surface area contributed by atoms with Gasteiger partial charge in [-0.05, 0) is 22.0 Å². The van der Waals surface area contributed by atoms with Crippen LogP contribution in [0.4, 0.5) is 10.2 Å². The average Bonchev–Trinajstić information content (AvgIpc) is 2.74. The number of esters is 1. The molecule has 0 aliphatic heterocycles. The third-order valence-corrected chi connectivity index (χ3v) is 3.43. The van der Waals surface area contributed by atoms with E-state index >= 15 is 0 Å². The number of carbonyl (C=O) groups is 1. The van der Waals surface area contributed by atoms with E-state index in [2.05, 4.69) is 4.98 Å². The predicted molar refractivity (Wildman–Crippen MR) is 75.1 cm³/mol. The van der Waals surface area contributed by atoms with Crippen LogP contribution in [0.1, 0.15) is 21.9 Å². The van der Waals surface area contributed by atoms with E-state index in [0.29, 0.717) is 0 Å². The van der Waals surface area contributed by atoms with Crippen LogP contribution in [0.15, 0.2) is 18.2 Å². The minimum Gasteiger partial charge on any atom is -0.456 e. The Morgan fingerprint density at radius 2 is 2.23 bits per heavy atom. The highest BCUT2D eigenvalue weighted by Crippen LogP contribution is 2.22. The molecule has 0 atom stereocenters. The van der Waals surface area contributed by atoms with Gasteiger partial charge in [-0.25, -0.2) is 9.18 Å². The Labute approximate surface area is 129 Å². The van der Waals surface area contributed by atoms with Crippen LogP contribution in [0.2, 0.25) is 5.02 Å². The van der Waals surface area contributed by atoms with E-state index in [9.17, 15) is 19.3 Å². The summed E-state index contributed by atoms with van der Waals surface area (Å²) in [6.45, 7) is 1.07.